The number of benzene rings is 9. The number of hydrogen-bond acceptors (Lipinski definition) is 0. The van der Waals surface area contributed by atoms with E-state index in [0.717, 1.165) is 0 Å². The molecule has 1 aliphatic carbocycles. The van der Waals surface area contributed by atoms with Crippen LogP contribution in [0, 0.1) is 6.08 Å². The van der Waals surface area contributed by atoms with Gasteiger partial charge in [-0.05, 0) is 101 Å². The summed E-state index contributed by atoms with van der Waals surface area (Å²) in [6.45, 7) is 9.48. The Balaban J connectivity index is 0.00000190. The van der Waals surface area contributed by atoms with Gasteiger partial charge in [-0.2, -0.15) is 11.1 Å². The second-order valence-corrected chi connectivity index (χ2v) is 21.7. The summed E-state index contributed by atoms with van der Waals surface area (Å²) in [6, 6.07) is 88.2. The molecule has 5 heteroatoms. The van der Waals surface area contributed by atoms with Gasteiger partial charge in [0.2, 0.25) is 0 Å². The molecule has 336 valence electrons. The monoisotopic (exact) mass is 991 g/mol. The molecule has 0 N–H and O–H groups in total. The quantitative estimate of drug-likeness (QED) is 0.0728. The molecule has 1 unspecified atom stereocenters. The fourth-order valence-electron chi connectivity index (χ4n) is 10.3. The Kier molecular flexibility index (Phi) is 16.8. The largest absolute Gasteiger partial charge is 0.265 e. The maximum absolute atomic E-state index is 4.33. The van der Waals surface area contributed by atoms with Gasteiger partial charge in [0.05, 0.1) is 0 Å². The van der Waals surface area contributed by atoms with Crippen LogP contribution in [0.3, 0.4) is 0 Å². The molecule has 68 heavy (non-hydrogen) atoms. The molecule has 0 radical (unpaired) electrons. The van der Waals surface area contributed by atoms with Crippen molar-refractivity contribution in [3.05, 3.63) is 259 Å². The smallest absolute Gasteiger partial charge is 0.143 e. The second kappa shape index (κ2) is 22.1. The van der Waals surface area contributed by atoms with Crippen molar-refractivity contribution in [1.29, 1.82) is 0 Å². The van der Waals surface area contributed by atoms with Crippen LogP contribution < -0.4 is 15.6 Å². The van der Waals surface area contributed by atoms with E-state index in [9.17, 15) is 0 Å². The Bertz CT molecular complexity index is 2700. The third-order valence-corrected chi connectivity index (χ3v) is 19.3. The van der Waals surface area contributed by atoms with Crippen molar-refractivity contribution in [2.24, 2.45) is 0 Å². The molecule has 0 aliphatic heterocycles. The molecule has 0 saturated carbocycles. The first-order valence-electron chi connectivity index (χ1n) is 22.4. The zero-order valence-corrected chi connectivity index (χ0v) is 43.8. The van der Waals surface area contributed by atoms with Gasteiger partial charge in [0.1, 0.15) is 8.07 Å². The normalized spacial score (nSPS) is 14.1. The average molecular weight is 993 g/mol. The Morgan fingerprint density at radius 3 is 0.691 bits per heavy atom. The van der Waals surface area contributed by atoms with Crippen LogP contribution in [-0.4, -0.2) is 8.07 Å². The summed E-state index contributed by atoms with van der Waals surface area (Å²) in [5, 5.41) is 3.52. The molecule has 10 rings (SSSR count). The van der Waals surface area contributed by atoms with Gasteiger partial charge in [-0.15, -0.1) is 44.1 Å². The minimum absolute atomic E-state index is 0. The summed E-state index contributed by atoms with van der Waals surface area (Å²) < 4.78 is 0. The van der Waals surface area contributed by atoms with E-state index in [0.29, 0.717) is 0 Å². The zero-order chi connectivity index (χ0) is 43.7. The van der Waals surface area contributed by atoms with Crippen LogP contribution in [0.4, 0.5) is 0 Å². The van der Waals surface area contributed by atoms with E-state index in [1.54, 1.807) is 0 Å². The first-order chi connectivity index (χ1) is 31.3. The van der Waals surface area contributed by atoms with Gasteiger partial charge in [-0.1, -0.05) is 244 Å². The van der Waals surface area contributed by atoms with E-state index < -0.39 is 13.1 Å². The van der Waals surface area contributed by atoms with Gasteiger partial charge in [0.15, 0.2) is 0 Å². The Morgan fingerprint density at radius 1 is 0.309 bits per heavy atom. The van der Waals surface area contributed by atoms with Gasteiger partial charge < -0.3 is 0 Å². The van der Waals surface area contributed by atoms with Crippen LogP contribution in [0.15, 0.2) is 253 Å². The summed E-state index contributed by atoms with van der Waals surface area (Å²) in [5.41, 5.74) is 18.4. The van der Waals surface area contributed by atoms with Crippen molar-refractivity contribution in [2.45, 2.75) is 32.7 Å². The SMILES string of the molecule is CC1=[C-]C(C)([Si](c2cc(-c3ccccc3)cc(-c3ccccc3)c2)(c2cc(-c3ccccc3)cc(-c3ccccc3)c2)c2cc(-c3ccccc3)cc(-c3ccccc3)c2)C(C)=C1C.Cl.Cl.Cl.[Ti]. The van der Waals surface area contributed by atoms with E-state index in [1.165, 1.54) is 99.0 Å². The third-order valence-electron chi connectivity index (χ3n) is 13.8. The number of rotatable bonds is 10. The first-order valence-corrected chi connectivity index (χ1v) is 24.4. The van der Waals surface area contributed by atoms with E-state index in [-0.39, 0.29) is 58.9 Å². The summed E-state index contributed by atoms with van der Waals surface area (Å²) in [4.78, 5) is 0. The predicted octanol–water partition coefficient (Wildman–Crippen LogP) is 16.3. The van der Waals surface area contributed by atoms with Crippen LogP contribution >= 0.6 is 37.2 Å². The van der Waals surface area contributed by atoms with Gasteiger partial charge in [0.25, 0.3) is 0 Å². The zero-order valence-electron chi connectivity index (χ0n) is 38.7. The summed E-state index contributed by atoms with van der Waals surface area (Å²) in [6.07, 6.45) is 4.33. The molecule has 9 aromatic carbocycles. The third kappa shape index (κ3) is 9.63. The van der Waals surface area contributed by atoms with E-state index in [4.69, 9.17) is 0 Å². The van der Waals surface area contributed by atoms with Crippen LogP contribution in [0.1, 0.15) is 27.7 Å². The Morgan fingerprint density at radius 2 is 0.515 bits per heavy atom. The molecule has 0 bridgehead atoms. The van der Waals surface area contributed by atoms with Gasteiger partial charge >= 0.3 is 0 Å². The van der Waals surface area contributed by atoms with Crippen molar-refractivity contribution in [2.75, 3.05) is 0 Å². The van der Waals surface area contributed by atoms with Crippen molar-refractivity contribution >= 4 is 60.9 Å². The standard InChI is InChI=1S/C63H51Si.3ClH.Ti/c1-45-44-63(4,47(3)46(45)2)64(60-38-54(48-23-11-5-12-24-48)35-55(39-60)49-25-13-6-14-26-49,61-40-56(50-27-15-7-16-28-50)36-57(41-61)51-29-17-8-18-30-51)62-42-58(52-31-19-9-20-32-52)37-59(43-62)53-33-21-10-22-34-53;;;;/h5-43H,1-4H3;3*1H;/q-1;;;;. The van der Waals surface area contributed by atoms with E-state index in [1.807, 2.05) is 0 Å². The van der Waals surface area contributed by atoms with Crippen molar-refractivity contribution in [3.63, 3.8) is 0 Å². The fraction of sp³-hybridized carbons (Fsp3) is 0.0794. The summed E-state index contributed by atoms with van der Waals surface area (Å²) in [5.74, 6) is 0. The minimum atomic E-state index is -3.44. The maximum atomic E-state index is 4.33. The molecule has 0 fully saturated rings. The van der Waals surface area contributed by atoms with Crippen molar-refractivity contribution in [3.8, 4) is 66.8 Å². The average Bonchev–Trinajstić information content (AvgIpc) is 3.57. The van der Waals surface area contributed by atoms with Crippen molar-refractivity contribution in [1.82, 2.24) is 0 Å². The molecule has 9 aromatic rings. The molecule has 0 amide bonds. The summed E-state index contributed by atoms with van der Waals surface area (Å²) in [7, 11) is -3.44. The molecular formula is C63H54Cl3SiTi-. The molecule has 1 atom stereocenters. The fourth-order valence-corrected chi connectivity index (χ4v) is 16.4. The number of halogens is 3. The molecule has 0 nitrogen and oxygen atoms in total. The van der Waals surface area contributed by atoms with Crippen LogP contribution in [-0.2, 0) is 21.7 Å². The first kappa shape index (κ1) is 51.6. The molecule has 0 spiro atoms. The van der Waals surface area contributed by atoms with Crippen LogP contribution in [0.2, 0.25) is 5.04 Å². The number of hydrogen-bond donors (Lipinski definition) is 0. The molecule has 0 saturated heterocycles. The van der Waals surface area contributed by atoms with Gasteiger partial charge in [-0.25, -0.2) is 5.57 Å². The van der Waals surface area contributed by atoms with Crippen molar-refractivity contribution < 1.29 is 21.7 Å². The van der Waals surface area contributed by atoms with E-state index in [2.05, 4.69) is 270 Å². The Labute approximate surface area is 438 Å². The molecular weight excluding hydrogens is 939 g/mol. The van der Waals surface area contributed by atoms with Crippen LogP contribution in [0.5, 0.6) is 0 Å². The second-order valence-electron chi connectivity index (χ2n) is 17.5. The minimum Gasteiger partial charge on any atom is -0.265 e. The van der Waals surface area contributed by atoms with Crippen LogP contribution in [0.25, 0.3) is 66.8 Å². The predicted molar refractivity (Wildman–Crippen MR) is 298 cm³/mol. The topological polar surface area (TPSA) is 0 Å². The van der Waals surface area contributed by atoms with Gasteiger partial charge in [0, 0.05) is 21.7 Å². The van der Waals surface area contributed by atoms with Gasteiger partial charge in [-0.3, -0.25) is 6.08 Å². The molecule has 0 heterocycles. The van der Waals surface area contributed by atoms with E-state index >= 15 is 0 Å². The molecule has 0 aromatic heterocycles. The number of allylic oxidation sites excluding steroid dienone is 4. The summed E-state index contributed by atoms with van der Waals surface area (Å²) >= 11 is 0. The Hall–Kier alpha value is -5.74. The maximum Gasteiger partial charge on any atom is 0.143 e. The molecule has 1 aliphatic rings.